The number of aromatic nitrogens is 3. The number of carbonyl (C=O) groups excluding carboxylic acids is 1. The highest BCUT2D eigenvalue weighted by atomic mass is 35.5. The van der Waals surface area contributed by atoms with E-state index in [4.69, 9.17) is 11.6 Å². The molecule has 0 bridgehead atoms. The normalized spacial score (nSPS) is 10.4. The van der Waals surface area contributed by atoms with E-state index in [-0.39, 0.29) is 17.9 Å². The molecule has 2 aromatic carbocycles. The largest absolute Gasteiger partial charge is 0.478 e. The van der Waals surface area contributed by atoms with E-state index in [2.05, 4.69) is 15.4 Å². The fourth-order valence-electron chi connectivity index (χ4n) is 2.39. The Balaban J connectivity index is 1.85. The number of carboxylic acid groups (broad SMARTS) is 1. The minimum Gasteiger partial charge on any atom is -0.478 e. The maximum atomic E-state index is 12.4. The number of carbonyl (C=O) groups is 2. The van der Waals surface area contributed by atoms with Crippen molar-refractivity contribution in [3.05, 3.63) is 71.3 Å². The first kappa shape index (κ1) is 16.7. The molecule has 3 aromatic rings. The first-order valence-electron chi connectivity index (χ1n) is 7.30. The van der Waals surface area contributed by atoms with Crippen molar-refractivity contribution in [2.75, 3.05) is 5.32 Å². The molecule has 1 amide bonds. The second kappa shape index (κ2) is 7.14. The van der Waals surface area contributed by atoms with E-state index in [0.29, 0.717) is 22.0 Å². The highest BCUT2D eigenvalue weighted by molar-refractivity contribution is 6.31. The van der Waals surface area contributed by atoms with Gasteiger partial charge in [-0.3, -0.25) is 4.79 Å². The topological polar surface area (TPSA) is 97.1 Å². The Morgan fingerprint density at radius 2 is 2.00 bits per heavy atom. The number of rotatable bonds is 5. The Morgan fingerprint density at radius 1 is 1.20 bits per heavy atom. The number of anilines is 1. The van der Waals surface area contributed by atoms with Crippen molar-refractivity contribution in [3.8, 4) is 5.69 Å². The second-order valence-corrected chi connectivity index (χ2v) is 5.63. The van der Waals surface area contributed by atoms with Crippen LogP contribution in [0.2, 0.25) is 5.02 Å². The van der Waals surface area contributed by atoms with Gasteiger partial charge in [0.15, 0.2) is 0 Å². The van der Waals surface area contributed by atoms with Gasteiger partial charge in [0.2, 0.25) is 5.91 Å². The summed E-state index contributed by atoms with van der Waals surface area (Å²) in [5, 5.41) is 16.4. The summed E-state index contributed by atoms with van der Waals surface area (Å²) < 4.78 is 1.50. The summed E-state index contributed by atoms with van der Waals surface area (Å²) in [4.78, 5) is 27.5. The van der Waals surface area contributed by atoms with Gasteiger partial charge in [-0.05, 0) is 29.8 Å². The monoisotopic (exact) mass is 356 g/mol. The van der Waals surface area contributed by atoms with Gasteiger partial charge >= 0.3 is 5.97 Å². The third-order valence-electron chi connectivity index (χ3n) is 3.50. The lowest BCUT2D eigenvalue weighted by atomic mass is 10.0. The van der Waals surface area contributed by atoms with Crippen LogP contribution in [0.3, 0.4) is 0 Å². The number of halogens is 1. The van der Waals surface area contributed by atoms with Gasteiger partial charge in [-0.2, -0.15) is 5.10 Å². The van der Waals surface area contributed by atoms with E-state index in [1.807, 2.05) is 0 Å². The van der Waals surface area contributed by atoms with E-state index in [9.17, 15) is 14.7 Å². The fourth-order valence-corrected chi connectivity index (χ4v) is 2.56. The molecule has 0 spiro atoms. The molecule has 1 heterocycles. The molecular formula is C17H13ClN4O3. The maximum Gasteiger partial charge on any atom is 0.335 e. The average molecular weight is 357 g/mol. The molecule has 7 nitrogen and oxygen atoms in total. The van der Waals surface area contributed by atoms with Crippen LogP contribution in [0.25, 0.3) is 5.69 Å². The van der Waals surface area contributed by atoms with Gasteiger partial charge < -0.3 is 10.4 Å². The molecule has 1 aromatic heterocycles. The summed E-state index contributed by atoms with van der Waals surface area (Å²) in [6.45, 7) is 0. The van der Waals surface area contributed by atoms with Crippen LogP contribution >= 0.6 is 11.6 Å². The lowest BCUT2D eigenvalue weighted by molar-refractivity contribution is -0.115. The van der Waals surface area contributed by atoms with Crippen molar-refractivity contribution in [2.45, 2.75) is 6.42 Å². The van der Waals surface area contributed by atoms with E-state index in [0.717, 1.165) is 0 Å². The average Bonchev–Trinajstić information content (AvgIpc) is 3.09. The lowest BCUT2D eigenvalue weighted by Crippen LogP contribution is -2.18. The molecule has 0 radical (unpaired) electrons. The summed E-state index contributed by atoms with van der Waals surface area (Å²) in [5.41, 5.74) is 1.58. The highest BCUT2D eigenvalue weighted by Gasteiger charge is 2.14. The summed E-state index contributed by atoms with van der Waals surface area (Å²) in [7, 11) is 0. The number of hydrogen-bond donors (Lipinski definition) is 2. The summed E-state index contributed by atoms with van der Waals surface area (Å²) in [6.07, 6.45) is 2.80. The van der Waals surface area contributed by atoms with Crippen LogP contribution in [-0.4, -0.2) is 31.7 Å². The van der Waals surface area contributed by atoms with Crippen LogP contribution in [0.4, 0.5) is 5.69 Å². The Morgan fingerprint density at radius 3 is 2.72 bits per heavy atom. The van der Waals surface area contributed by atoms with Crippen LogP contribution in [0, 0.1) is 0 Å². The molecule has 8 heteroatoms. The van der Waals surface area contributed by atoms with Crippen molar-refractivity contribution in [3.63, 3.8) is 0 Å². The highest BCUT2D eigenvalue weighted by Crippen LogP contribution is 2.24. The van der Waals surface area contributed by atoms with Gasteiger partial charge in [0, 0.05) is 5.02 Å². The zero-order chi connectivity index (χ0) is 17.8. The summed E-state index contributed by atoms with van der Waals surface area (Å²) in [6, 6.07) is 11.4. The standard InChI is InChI=1S/C17H13ClN4O3/c18-12-5-6-15(22-10-19-9-20-22)14(8-12)21-16(23)7-11-3-1-2-4-13(11)17(24)25/h1-6,8-10H,7H2,(H,21,23)(H,24,25). The van der Waals surface area contributed by atoms with Crippen LogP contribution in [0.1, 0.15) is 15.9 Å². The Kier molecular flexibility index (Phi) is 4.76. The minimum absolute atomic E-state index is 0.0776. The Labute approximate surface area is 147 Å². The first-order valence-corrected chi connectivity index (χ1v) is 7.68. The van der Waals surface area contributed by atoms with E-state index in [1.165, 1.54) is 23.4 Å². The lowest BCUT2D eigenvalue weighted by Gasteiger charge is -2.12. The molecule has 126 valence electrons. The van der Waals surface area contributed by atoms with Crippen molar-refractivity contribution >= 4 is 29.2 Å². The first-order chi connectivity index (χ1) is 12.0. The van der Waals surface area contributed by atoms with Crippen molar-refractivity contribution < 1.29 is 14.7 Å². The number of nitrogens with zero attached hydrogens (tertiary/aromatic N) is 3. The predicted molar refractivity (Wildman–Crippen MR) is 92.1 cm³/mol. The molecule has 0 atom stereocenters. The second-order valence-electron chi connectivity index (χ2n) is 5.19. The van der Waals surface area contributed by atoms with Gasteiger partial charge in [-0.25, -0.2) is 14.5 Å². The van der Waals surface area contributed by atoms with Gasteiger partial charge in [-0.1, -0.05) is 29.8 Å². The van der Waals surface area contributed by atoms with Gasteiger partial charge in [-0.15, -0.1) is 0 Å². The Hall–Kier alpha value is -3.19. The van der Waals surface area contributed by atoms with Gasteiger partial charge in [0.25, 0.3) is 0 Å². The number of aromatic carboxylic acids is 1. The van der Waals surface area contributed by atoms with Gasteiger partial charge in [0.05, 0.1) is 23.4 Å². The van der Waals surface area contributed by atoms with Crippen molar-refractivity contribution in [1.29, 1.82) is 0 Å². The number of amides is 1. The molecule has 0 aliphatic heterocycles. The molecule has 2 N–H and O–H groups in total. The number of hydrogen-bond acceptors (Lipinski definition) is 4. The molecule has 0 aliphatic carbocycles. The fraction of sp³-hybridized carbons (Fsp3) is 0.0588. The molecule has 0 fully saturated rings. The SMILES string of the molecule is O=C(Cc1ccccc1C(=O)O)Nc1cc(Cl)ccc1-n1cncn1. The van der Waals surface area contributed by atoms with E-state index >= 15 is 0 Å². The molecule has 25 heavy (non-hydrogen) atoms. The number of nitrogens with one attached hydrogen (secondary N) is 1. The van der Waals surface area contributed by atoms with E-state index < -0.39 is 5.97 Å². The zero-order valence-electron chi connectivity index (χ0n) is 12.9. The third-order valence-corrected chi connectivity index (χ3v) is 3.73. The summed E-state index contributed by atoms with van der Waals surface area (Å²) in [5.74, 6) is -1.44. The quantitative estimate of drug-likeness (QED) is 0.732. The molecule has 3 rings (SSSR count). The third kappa shape index (κ3) is 3.84. The molecule has 0 saturated carbocycles. The smallest absolute Gasteiger partial charge is 0.335 e. The van der Waals surface area contributed by atoms with Crippen molar-refractivity contribution in [2.24, 2.45) is 0 Å². The van der Waals surface area contributed by atoms with E-state index in [1.54, 1.807) is 36.4 Å². The number of benzene rings is 2. The molecule has 0 unspecified atom stereocenters. The summed E-state index contributed by atoms with van der Waals surface area (Å²) >= 11 is 6.01. The van der Waals surface area contributed by atoms with Crippen LogP contribution in [0.5, 0.6) is 0 Å². The van der Waals surface area contributed by atoms with Crippen LogP contribution in [-0.2, 0) is 11.2 Å². The maximum absolute atomic E-state index is 12.4. The number of carboxylic acids is 1. The van der Waals surface area contributed by atoms with Crippen LogP contribution < -0.4 is 5.32 Å². The molecular weight excluding hydrogens is 344 g/mol. The minimum atomic E-state index is -1.07. The van der Waals surface area contributed by atoms with Crippen molar-refractivity contribution in [1.82, 2.24) is 14.8 Å². The zero-order valence-corrected chi connectivity index (χ0v) is 13.6. The molecule has 0 aliphatic rings. The Bertz CT molecular complexity index is 925. The van der Waals surface area contributed by atoms with Crippen LogP contribution in [0.15, 0.2) is 55.1 Å². The van der Waals surface area contributed by atoms with Gasteiger partial charge in [0.1, 0.15) is 12.7 Å². The molecule has 0 saturated heterocycles. The predicted octanol–water partition coefficient (Wildman–Crippen LogP) is 2.80.